The maximum absolute atomic E-state index is 11.3. The molecular weight excluding hydrogens is 333 g/mol. The van der Waals surface area contributed by atoms with E-state index in [2.05, 4.69) is 0 Å². The summed E-state index contributed by atoms with van der Waals surface area (Å²) in [7, 11) is 0. The summed E-state index contributed by atoms with van der Waals surface area (Å²) in [6.45, 7) is 9.63. The molecule has 16 heavy (non-hydrogen) atoms. The Morgan fingerprint density at radius 2 is 1.69 bits per heavy atom. The van der Waals surface area contributed by atoms with Crippen molar-refractivity contribution in [2.75, 3.05) is 0 Å². The van der Waals surface area contributed by atoms with Crippen LogP contribution in [0.5, 0.6) is 0 Å². The number of aliphatic carboxylic acids is 1. The van der Waals surface area contributed by atoms with E-state index in [0.717, 1.165) is 0 Å². The molecule has 1 N–H and O–H groups in total. The van der Waals surface area contributed by atoms with Crippen LogP contribution in [-0.2, 0) is 14.3 Å². The summed E-state index contributed by atoms with van der Waals surface area (Å²) < 4.78 is 5.24. The summed E-state index contributed by atoms with van der Waals surface area (Å²) in [5.74, 6) is -1.84. The fraction of sp³-hybridized carbons (Fsp3) is 0.818. The maximum Gasteiger partial charge on any atom is 2.00 e. The number of hydrogen-bond donors (Lipinski definition) is 1. The van der Waals surface area contributed by atoms with E-state index in [4.69, 9.17) is 9.84 Å². The van der Waals surface area contributed by atoms with E-state index in [1.807, 2.05) is 34.6 Å². The Hall–Kier alpha value is 0.511. The van der Waals surface area contributed by atoms with Gasteiger partial charge in [-0.15, -0.1) is 0 Å². The van der Waals surface area contributed by atoms with Crippen molar-refractivity contribution in [1.82, 2.24) is 0 Å². The van der Waals surface area contributed by atoms with Crippen molar-refractivity contribution in [3.8, 4) is 0 Å². The van der Waals surface area contributed by atoms with Crippen LogP contribution in [0.4, 0.5) is 0 Å². The van der Waals surface area contributed by atoms with Crippen LogP contribution < -0.4 is 0 Å². The van der Waals surface area contributed by atoms with Crippen molar-refractivity contribution in [3.05, 3.63) is 0 Å². The van der Waals surface area contributed by atoms with Gasteiger partial charge in [0, 0.05) is 5.41 Å². The third-order valence-corrected chi connectivity index (χ3v) is 2.90. The maximum atomic E-state index is 11.3. The molecule has 0 rings (SSSR count). The normalized spacial score (nSPS) is 14.6. The number of carbonyl (C=O) groups is 2. The third-order valence-electron chi connectivity index (χ3n) is 2.90. The summed E-state index contributed by atoms with van der Waals surface area (Å²) in [5.41, 5.74) is -0.838. The van der Waals surface area contributed by atoms with Gasteiger partial charge < -0.3 is 12.7 Å². The number of hydrogen-bond acceptors (Lipinski definition) is 3. The first-order valence-corrected chi connectivity index (χ1v) is 5.06. The summed E-state index contributed by atoms with van der Waals surface area (Å²) >= 11 is 0. The second kappa shape index (κ2) is 7.06. The molecule has 0 saturated heterocycles. The van der Waals surface area contributed by atoms with Crippen LogP contribution in [0.3, 0.4) is 0 Å². The zero-order valence-corrected chi connectivity index (χ0v) is 15.2. The van der Waals surface area contributed by atoms with E-state index >= 15 is 0 Å². The molecule has 0 aliphatic rings. The summed E-state index contributed by atoms with van der Waals surface area (Å²) in [6, 6.07) is 0. The second-order valence-corrected chi connectivity index (χ2v) is 4.88. The van der Waals surface area contributed by atoms with Crippen LogP contribution in [0.1, 0.15) is 50.3 Å². The molecule has 0 spiro atoms. The SMILES string of the molecule is CCC(C)(OC(=O)CC(=O)O)C(C)(C)C.[Ba+2].[H-].[H-]. The van der Waals surface area contributed by atoms with Crippen molar-refractivity contribution in [2.45, 2.75) is 53.1 Å². The largest absolute Gasteiger partial charge is 2.00 e. The fourth-order valence-corrected chi connectivity index (χ4v) is 1.17. The molecule has 0 bridgehead atoms. The quantitative estimate of drug-likeness (QED) is 0.476. The summed E-state index contributed by atoms with van der Waals surface area (Å²) in [5, 5.41) is 8.46. The number of ether oxygens (including phenoxy) is 1. The second-order valence-electron chi connectivity index (χ2n) is 4.88. The number of esters is 1. The van der Waals surface area contributed by atoms with Crippen LogP contribution in [0.15, 0.2) is 0 Å². The molecule has 1 atom stereocenters. The Bertz CT molecular complexity index is 266. The monoisotopic (exact) mass is 356 g/mol. The molecule has 0 aromatic carbocycles. The molecule has 5 heteroatoms. The van der Waals surface area contributed by atoms with Crippen molar-refractivity contribution in [1.29, 1.82) is 0 Å². The smallest absolute Gasteiger partial charge is 1.00 e. The average molecular weight is 356 g/mol. The van der Waals surface area contributed by atoms with E-state index in [-0.39, 0.29) is 57.1 Å². The number of carboxylic acids is 1. The molecule has 0 aliphatic heterocycles. The Morgan fingerprint density at radius 1 is 1.25 bits per heavy atom. The first kappa shape index (κ1) is 18.9. The Morgan fingerprint density at radius 3 is 1.94 bits per heavy atom. The molecule has 0 amide bonds. The van der Waals surface area contributed by atoms with Gasteiger partial charge in [-0.2, -0.15) is 0 Å². The van der Waals surface area contributed by atoms with Crippen molar-refractivity contribution >= 4 is 60.8 Å². The Balaban J connectivity index is -0.000000327. The third kappa shape index (κ3) is 5.72. The summed E-state index contributed by atoms with van der Waals surface area (Å²) in [6.07, 6.45) is 0.0769. The zero-order valence-electron chi connectivity index (χ0n) is 12.8. The molecular formula is C11H22BaO4. The van der Waals surface area contributed by atoms with Crippen LogP contribution in [0.25, 0.3) is 0 Å². The Kier molecular flexibility index (Phi) is 8.32. The standard InChI is InChI=1S/C11H20O4.Ba.2H/c1-6-11(5,10(2,3)4)15-9(14)7-8(12)13;;;/h6-7H2,1-5H3,(H,12,13);;;/q;+2;2*-1. The minimum Gasteiger partial charge on any atom is -1.00 e. The molecule has 1 unspecified atom stereocenters. The minimum absolute atomic E-state index is 0. The van der Waals surface area contributed by atoms with Gasteiger partial charge in [-0.1, -0.05) is 27.7 Å². The first-order chi connectivity index (χ1) is 6.62. The molecule has 0 aliphatic carbocycles. The van der Waals surface area contributed by atoms with Gasteiger partial charge in [-0.05, 0) is 13.3 Å². The van der Waals surface area contributed by atoms with Gasteiger partial charge in [0.05, 0.1) is 0 Å². The van der Waals surface area contributed by atoms with Crippen LogP contribution in [0.2, 0.25) is 0 Å². The van der Waals surface area contributed by atoms with Gasteiger partial charge in [0.15, 0.2) is 0 Å². The van der Waals surface area contributed by atoms with E-state index < -0.39 is 24.0 Å². The first-order valence-electron chi connectivity index (χ1n) is 5.06. The van der Waals surface area contributed by atoms with Crippen molar-refractivity contribution in [2.24, 2.45) is 5.41 Å². The van der Waals surface area contributed by atoms with Crippen molar-refractivity contribution < 1.29 is 22.3 Å². The molecule has 0 aromatic heterocycles. The van der Waals surface area contributed by atoms with Gasteiger partial charge in [0.1, 0.15) is 12.0 Å². The predicted octanol–water partition coefficient (Wildman–Crippen LogP) is 2.06. The van der Waals surface area contributed by atoms with E-state index in [1.54, 1.807) is 0 Å². The minimum atomic E-state index is -1.16. The topological polar surface area (TPSA) is 63.6 Å². The van der Waals surface area contributed by atoms with E-state index in [9.17, 15) is 9.59 Å². The molecule has 4 nitrogen and oxygen atoms in total. The molecule has 0 aromatic rings. The van der Waals surface area contributed by atoms with Gasteiger partial charge in [0.2, 0.25) is 0 Å². The predicted molar refractivity (Wildman–Crippen MR) is 64.5 cm³/mol. The number of carbonyl (C=O) groups excluding carboxylic acids is 1. The van der Waals surface area contributed by atoms with Crippen molar-refractivity contribution in [3.63, 3.8) is 0 Å². The van der Waals surface area contributed by atoms with Gasteiger partial charge in [0.25, 0.3) is 0 Å². The van der Waals surface area contributed by atoms with Crippen LogP contribution >= 0.6 is 0 Å². The molecule has 0 fully saturated rings. The Labute approximate surface area is 140 Å². The number of carboxylic acid groups (broad SMARTS) is 1. The average Bonchev–Trinajstić information content (AvgIpc) is 2.00. The zero-order chi connectivity index (χ0) is 12.3. The van der Waals surface area contributed by atoms with E-state index in [0.29, 0.717) is 6.42 Å². The molecule has 0 saturated carbocycles. The molecule has 0 heterocycles. The summed E-state index contributed by atoms with van der Waals surface area (Å²) in [4.78, 5) is 21.6. The van der Waals surface area contributed by atoms with E-state index in [1.165, 1.54) is 0 Å². The van der Waals surface area contributed by atoms with Gasteiger partial charge >= 0.3 is 60.8 Å². The molecule has 92 valence electrons. The number of rotatable bonds is 4. The fourth-order valence-electron chi connectivity index (χ4n) is 1.17. The van der Waals surface area contributed by atoms with Gasteiger partial charge in [-0.3, -0.25) is 9.59 Å². The van der Waals surface area contributed by atoms with Gasteiger partial charge in [-0.25, -0.2) is 0 Å². The van der Waals surface area contributed by atoms with Crippen LogP contribution in [0, 0.1) is 5.41 Å². The van der Waals surface area contributed by atoms with Crippen LogP contribution in [-0.4, -0.2) is 71.5 Å². The molecule has 0 radical (unpaired) electrons.